The minimum Gasteiger partial charge on any atom is -0.476 e. The number of nitrogens with one attached hydrogen (secondary N) is 1. The third kappa shape index (κ3) is 2.80. The summed E-state index contributed by atoms with van der Waals surface area (Å²) in [7, 11) is 0. The summed E-state index contributed by atoms with van der Waals surface area (Å²) >= 11 is 4.19. The molecule has 0 saturated heterocycles. The van der Waals surface area contributed by atoms with E-state index in [1.54, 1.807) is 12.1 Å². The van der Waals surface area contributed by atoms with Crippen LogP contribution in [-0.2, 0) is 0 Å². The van der Waals surface area contributed by atoms with Crippen molar-refractivity contribution < 1.29 is 14.3 Å². The minimum absolute atomic E-state index is 0.0323. The number of aromatic carboxylic acids is 1. The molecule has 1 heterocycles. The average molecular weight is 317 g/mol. The average Bonchev–Trinajstić information content (AvgIpc) is 2.72. The van der Waals surface area contributed by atoms with Crippen molar-refractivity contribution in [2.45, 2.75) is 0 Å². The molecular formula is C10H6BrFN2O2S. The van der Waals surface area contributed by atoms with E-state index >= 15 is 0 Å². The summed E-state index contributed by atoms with van der Waals surface area (Å²) in [5, 5.41) is 13.3. The van der Waals surface area contributed by atoms with E-state index in [2.05, 4.69) is 26.2 Å². The first-order valence-electron chi connectivity index (χ1n) is 4.47. The molecule has 88 valence electrons. The third-order valence-electron chi connectivity index (χ3n) is 1.89. The van der Waals surface area contributed by atoms with Gasteiger partial charge < -0.3 is 10.4 Å². The number of carbonyl (C=O) groups is 1. The Morgan fingerprint density at radius 2 is 2.29 bits per heavy atom. The fraction of sp³-hybridized carbons (Fsp3) is 0. The molecule has 0 aliphatic rings. The summed E-state index contributed by atoms with van der Waals surface area (Å²) < 4.78 is 13.6. The molecule has 17 heavy (non-hydrogen) atoms. The van der Waals surface area contributed by atoms with Crippen molar-refractivity contribution in [3.8, 4) is 0 Å². The number of anilines is 2. The number of rotatable bonds is 3. The predicted octanol–water partition coefficient (Wildman–Crippen LogP) is 3.49. The Bertz CT molecular complexity index is 573. The Hall–Kier alpha value is -1.47. The van der Waals surface area contributed by atoms with E-state index in [1.165, 1.54) is 11.4 Å². The molecule has 1 aromatic heterocycles. The Morgan fingerprint density at radius 3 is 2.88 bits per heavy atom. The monoisotopic (exact) mass is 316 g/mol. The van der Waals surface area contributed by atoms with Gasteiger partial charge in [-0.25, -0.2) is 14.2 Å². The molecule has 0 aliphatic heterocycles. The Morgan fingerprint density at radius 1 is 1.53 bits per heavy atom. The fourth-order valence-corrected chi connectivity index (χ4v) is 2.08. The van der Waals surface area contributed by atoms with E-state index in [4.69, 9.17) is 5.11 Å². The maximum atomic E-state index is 13.2. The molecule has 0 atom stereocenters. The van der Waals surface area contributed by atoms with Gasteiger partial charge in [-0.2, -0.15) is 0 Å². The molecule has 0 radical (unpaired) electrons. The number of nitrogens with zero attached hydrogens (tertiary/aromatic N) is 1. The number of benzene rings is 1. The Balaban J connectivity index is 2.19. The van der Waals surface area contributed by atoms with E-state index in [0.29, 0.717) is 15.3 Å². The van der Waals surface area contributed by atoms with Gasteiger partial charge in [0.2, 0.25) is 0 Å². The molecule has 2 N–H and O–H groups in total. The van der Waals surface area contributed by atoms with Gasteiger partial charge in [0.05, 0.1) is 4.47 Å². The van der Waals surface area contributed by atoms with E-state index in [9.17, 15) is 9.18 Å². The maximum Gasteiger partial charge on any atom is 0.355 e. The summed E-state index contributed by atoms with van der Waals surface area (Å²) in [5.74, 6) is -1.48. The standard InChI is InChI=1S/C10H6BrFN2O2S/c11-6-2-1-5(3-7(6)12)13-10-14-8(4-17-10)9(15)16/h1-4H,(H,13,14)(H,15,16). The lowest BCUT2D eigenvalue weighted by Gasteiger charge is -2.02. The zero-order valence-electron chi connectivity index (χ0n) is 8.28. The van der Waals surface area contributed by atoms with Crippen LogP contribution in [0.15, 0.2) is 28.1 Å². The van der Waals surface area contributed by atoms with Gasteiger partial charge in [0.1, 0.15) is 5.82 Å². The molecule has 0 fully saturated rings. The number of aromatic nitrogens is 1. The number of thiazole rings is 1. The van der Waals surface area contributed by atoms with Crippen LogP contribution in [0.25, 0.3) is 0 Å². The fourth-order valence-electron chi connectivity index (χ4n) is 1.13. The van der Waals surface area contributed by atoms with Crippen LogP contribution in [0.2, 0.25) is 0 Å². The molecule has 0 spiro atoms. The molecule has 4 nitrogen and oxygen atoms in total. The topological polar surface area (TPSA) is 62.2 Å². The van der Waals surface area contributed by atoms with Gasteiger partial charge in [0.25, 0.3) is 0 Å². The quantitative estimate of drug-likeness (QED) is 0.910. The number of hydrogen-bond donors (Lipinski definition) is 2. The molecule has 1 aromatic carbocycles. The lowest BCUT2D eigenvalue weighted by molar-refractivity contribution is 0.0691. The molecule has 2 rings (SSSR count). The lowest BCUT2D eigenvalue weighted by Crippen LogP contribution is -1.97. The van der Waals surface area contributed by atoms with Crippen LogP contribution in [0.5, 0.6) is 0 Å². The minimum atomic E-state index is -1.09. The first-order chi connectivity index (χ1) is 8.06. The molecule has 0 aliphatic carbocycles. The lowest BCUT2D eigenvalue weighted by atomic mass is 10.3. The van der Waals surface area contributed by atoms with Crippen molar-refractivity contribution in [1.82, 2.24) is 4.98 Å². The highest BCUT2D eigenvalue weighted by Crippen LogP contribution is 2.24. The van der Waals surface area contributed by atoms with Gasteiger partial charge >= 0.3 is 5.97 Å². The van der Waals surface area contributed by atoms with Crippen LogP contribution in [0.3, 0.4) is 0 Å². The molecule has 0 unspecified atom stereocenters. The second-order valence-corrected chi connectivity index (χ2v) is 4.81. The van der Waals surface area contributed by atoms with Crippen molar-refractivity contribution in [3.63, 3.8) is 0 Å². The van der Waals surface area contributed by atoms with Gasteiger partial charge in [0.15, 0.2) is 10.8 Å². The van der Waals surface area contributed by atoms with Crippen LogP contribution < -0.4 is 5.32 Å². The van der Waals surface area contributed by atoms with Crippen LogP contribution in [-0.4, -0.2) is 16.1 Å². The molecule has 2 aromatic rings. The molecular weight excluding hydrogens is 311 g/mol. The smallest absolute Gasteiger partial charge is 0.355 e. The first kappa shape index (κ1) is 12.0. The van der Waals surface area contributed by atoms with Gasteiger partial charge in [0, 0.05) is 11.1 Å². The van der Waals surface area contributed by atoms with Crippen molar-refractivity contribution in [3.05, 3.63) is 39.6 Å². The summed E-state index contributed by atoms with van der Waals surface area (Å²) in [6.07, 6.45) is 0. The highest BCUT2D eigenvalue weighted by atomic mass is 79.9. The molecule has 7 heteroatoms. The highest BCUT2D eigenvalue weighted by Gasteiger charge is 2.09. The van der Waals surface area contributed by atoms with E-state index in [-0.39, 0.29) is 5.69 Å². The number of halogens is 2. The second kappa shape index (κ2) is 4.80. The SMILES string of the molecule is O=C(O)c1csc(Nc2ccc(Br)c(F)c2)n1. The summed E-state index contributed by atoms with van der Waals surface area (Å²) in [6, 6.07) is 4.52. The Labute approximate surface area is 108 Å². The zero-order valence-corrected chi connectivity index (χ0v) is 10.7. The third-order valence-corrected chi connectivity index (χ3v) is 3.30. The summed E-state index contributed by atoms with van der Waals surface area (Å²) in [5.41, 5.74) is 0.479. The van der Waals surface area contributed by atoms with Gasteiger partial charge in [-0.15, -0.1) is 11.3 Å². The van der Waals surface area contributed by atoms with Gasteiger partial charge in [-0.3, -0.25) is 0 Å². The zero-order chi connectivity index (χ0) is 12.4. The first-order valence-corrected chi connectivity index (χ1v) is 6.14. The largest absolute Gasteiger partial charge is 0.476 e. The van der Waals surface area contributed by atoms with Crippen molar-refractivity contribution in [2.24, 2.45) is 0 Å². The summed E-state index contributed by atoms with van der Waals surface area (Å²) in [6.45, 7) is 0. The van der Waals surface area contributed by atoms with E-state index < -0.39 is 11.8 Å². The Kier molecular flexibility index (Phi) is 3.39. The van der Waals surface area contributed by atoms with E-state index in [0.717, 1.165) is 11.3 Å². The van der Waals surface area contributed by atoms with Crippen molar-refractivity contribution in [1.29, 1.82) is 0 Å². The molecule has 0 saturated carbocycles. The number of hydrogen-bond acceptors (Lipinski definition) is 4. The van der Waals surface area contributed by atoms with E-state index in [1.807, 2.05) is 0 Å². The highest BCUT2D eigenvalue weighted by molar-refractivity contribution is 9.10. The van der Waals surface area contributed by atoms with Gasteiger partial charge in [-0.1, -0.05) is 0 Å². The van der Waals surface area contributed by atoms with Crippen LogP contribution in [0.1, 0.15) is 10.5 Å². The van der Waals surface area contributed by atoms with Crippen LogP contribution in [0.4, 0.5) is 15.2 Å². The van der Waals surface area contributed by atoms with Gasteiger partial charge in [-0.05, 0) is 34.1 Å². The summed E-state index contributed by atoms with van der Waals surface area (Å²) in [4.78, 5) is 14.4. The predicted molar refractivity (Wildman–Crippen MR) is 66.5 cm³/mol. The van der Waals surface area contributed by atoms with Crippen molar-refractivity contribution in [2.75, 3.05) is 5.32 Å². The maximum absolute atomic E-state index is 13.2. The van der Waals surface area contributed by atoms with Crippen LogP contribution in [0, 0.1) is 5.82 Å². The number of carboxylic acids is 1. The van der Waals surface area contributed by atoms with Crippen LogP contribution >= 0.6 is 27.3 Å². The normalized spacial score (nSPS) is 10.2. The molecule has 0 amide bonds. The molecule has 0 bridgehead atoms. The van der Waals surface area contributed by atoms with Crippen molar-refractivity contribution >= 4 is 44.1 Å². The number of carboxylic acid groups (broad SMARTS) is 1. The second-order valence-electron chi connectivity index (χ2n) is 3.10.